The molecule has 1 nitrogen and oxygen atoms in total. The third-order valence-electron chi connectivity index (χ3n) is 2.13. The van der Waals surface area contributed by atoms with Crippen LogP contribution in [-0.2, 0) is 6.54 Å². The minimum atomic E-state index is 0.940. The lowest BCUT2D eigenvalue weighted by Crippen LogP contribution is -2.11. The van der Waals surface area contributed by atoms with Crippen LogP contribution >= 0.6 is 23.4 Å². The zero-order chi connectivity index (χ0) is 11.8. The van der Waals surface area contributed by atoms with Gasteiger partial charge in [-0.25, -0.2) is 0 Å². The summed E-state index contributed by atoms with van der Waals surface area (Å²) < 4.78 is 0. The Bertz CT molecular complexity index is 350. The fraction of sp³-hybridized carbons (Fsp3) is 0.385. The third kappa shape index (κ3) is 5.06. The van der Waals surface area contributed by atoms with Crippen LogP contribution in [-0.4, -0.2) is 12.3 Å². The Labute approximate surface area is 107 Å². The number of hydrogen-bond donors (Lipinski definition) is 1. The van der Waals surface area contributed by atoms with Gasteiger partial charge in [0, 0.05) is 22.7 Å². The molecule has 0 aliphatic rings. The van der Waals surface area contributed by atoms with E-state index < -0.39 is 0 Å². The van der Waals surface area contributed by atoms with E-state index in [1.54, 1.807) is 5.54 Å². The Morgan fingerprint density at radius 2 is 2.31 bits per heavy atom. The fourth-order valence-corrected chi connectivity index (χ4v) is 2.30. The molecule has 0 aliphatic heterocycles. The maximum absolute atomic E-state index is 5.63. The smallest absolute Gasteiger partial charge is 0.0205 e. The first kappa shape index (κ1) is 13.6. The molecule has 1 rings (SSSR count). The SMILES string of the molecule is CCNCc1cccc(SC/C(C)=C/Cl)c1. The third-order valence-corrected chi connectivity index (χ3v) is 3.69. The van der Waals surface area contributed by atoms with Gasteiger partial charge in [-0.05, 0) is 31.2 Å². The number of rotatable bonds is 6. The Morgan fingerprint density at radius 3 is 3.00 bits per heavy atom. The van der Waals surface area contributed by atoms with E-state index in [0.717, 1.165) is 18.8 Å². The molecule has 0 saturated carbocycles. The summed E-state index contributed by atoms with van der Waals surface area (Å²) in [5.41, 5.74) is 4.18. The zero-order valence-corrected chi connectivity index (χ0v) is 11.4. The lowest BCUT2D eigenvalue weighted by atomic mass is 10.2. The molecule has 3 heteroatoms. The van der Waals surface area contributed by atoms with Crippen molar-refractivity contribution in [2.24, 2.45) is 0 Å². The van der Waals surface area contributed by atoms with E-state index in [4.69, 9.17) is 11.6 Å². The molecule has 88 valence electrons. The summed E-state index contributed by atoms with van der Waals surface area (Å²) >= 11 is 7.45. The largest absolute Gasteiger partial charge is 0.313 e. The minimum Gasteiger partial charge on any atom is -0.313 e. The molecule has 0 bridgehead atoms. The lowest BCUT2D eigenvalue weighted by Gasteiger charge is -2.05. The van der Waals surface area contributed by atoms with Crippen molar-refractivity contribution in [1.29, 1.82) is 0 Å². The van der Waals surface area contributed by atoms with Crippen LogP contribution in [0.15, 0.2) is 40.3 Å². The van der Waals surface area contributed by atoms with Gasteiger partial charge in [0.15, 0.2) is 0 Å². The van der Waals surface area contributed by atoms with E-state index in [1.165, 1.54) is 16.0 Å². The summed E-state index contributed by atoms with van der Waals surface area (Å²) in [7, 11) is 0. The molecule has 0 saturated heterocycles. The predicted octanol–water partition coefficient (Wildman–Crippen LogP) is 4.03. The topological polar surface area (TPSA) is 12.0 Å². The standard InChI is InChI=1S/C13H18ClNS/c1-3-15-9-12-5-4-6-13(7-12)16-10-11(2)8-14/h4-8,15H,3,9-10H2,1-2H3/b11-8+. The van der Waals surface area contributed by atoms with Gasteiger partial charge >= 0.3 is 0 Å². The zero-order valence-electron chi connectivity index (χ0n) is 9.79. The molecule has 0 amide bonds. The Hall–Kier alpha value is -0.440. The van der Waals surface area contributed by atoms with Crippen LogP contribution in [0.1, 0.15) is 19.4 Å². The van der Waals surface area contributed by atoms with Crippen LogP contribution in [0, 0.1) is 0 Å². The van der Waals surface area contributed by atoms with E-state index in [-0.39, 0.29) is 0 Å². The number of halogens is 1. The van der Waals surface area contributed by atoms with Crippen molar-refractivity contribution in [3.63, 3.8) is 0 Å². The molecular formula is C13H18ClNS. The van der Waals surface area contributed by atoms with Crippen molar-refractivity contribution >= 4 is 23.4 Å². The van der Waals surface area contributed by atoms with Crippen molar-refractivity contribution < 1.29 is 0 Å². The van der Waals surface area contributed by atoms with Crippen molar-refractivity contribution in [2.75, 3.05) is 12.3 Å². The highest BCUT2D eigenvalue weighted by atomic mass is 35.5. The van der Waals surface area contributed by atoms with Gasteiger partial charge in [0.05, 0.1) is 0 Å². The fourth-order valence-electron chi connectivity index (χ4n) is 1.24. The lowest BCUT2D eigenvalue weighted by molar-refractivity contribution is 0.725. The van der Waals surface area contributed by atoms with E-state index in [0.29, 0.717) is 0 Å². The molecule has 1 aromatic carbocycles. The highest BCUT2D eigenvalue weighted by Gasteiger charge is 1.97. The molecule has 1 N–H and O–H groups in total. The Morgan fingerprint density at radius 1 is 1.50 bits per heavy atom. The Balaban J connectivity index is 2.53. The van der Waals surface area contributed by atoms with Gasteiger partial charge in [-0.2, -0.15) is 0 Å². The normalized spacial score (nSPS) is 11.8. The molecular weight excluding hydrogens is 238 g/mol. The molecule has 0 spiro atoms. The summed E-state index contributed by atoms with van der Waals surface area (Å²) in [4.78, 5) is 1.30. The molecule has 0 unspecified atom stereocenters. The van der Waals surface area contributed by atoms with Crippen LogP contribution in [0.3, 0.4) is 0 Å². The van der Waals surface area contributed by atoms with Gasteiger partial charge in [0.25, 0.3) is 0 Å². The van der Waals surface area contributed by atoms with Gasteiger partial charge in [-0.3, -0.25) is 0 Å². The van der Waals surface area contributed by atoms with Gasteiger partial charge < -0.3 is 5.32 Å². The van der Waals surface area contributed by atoms with Gasteiger partial charge in [0.1, 0.15) is 0 Å². The molecule has 0 aliphatic carbocycles. The highest BCUT2D eigenvalue weighted by molar-refractivity contribution is 7.99. The quantitative estimate of drug-likeness (QED) is 0.771. The number of nitrogens with one attached hydrogen (secondary N) is 1. The van der Waals surface area contributed by atoms with Crippen LogP contribution in [0.4, 0.5) is 0 Å². The number of hydrogen-bond acceptors (Lipinski definition) is 2. The molecule has 0 aromatic heterocycles. The van der Waals surface area contributed by atoms with Crippen molar-refractivity contribution in [3.05, 3.63) is 40.9 Å². The second-order valence-electron chi connectivity index (χ2n) is 3.67. The monoisotopic (exact) mass is 255 g/mol. The second kappa shape index (κ2) is 7.77. The van der Waals surface area contributed by atoms with Crippen molar-refractivity contribution in [2.45, 2.75) is 25.3 Å². The molecule has 1 aromatic rings. The average Bonchev–Trinajstić information content (AvgIpc) is 2.34. The first-order valence-electron chi connectivity index (χ1n) is 5.44. The van der Waals surface area contributed by atoms with Gasteiger partial charge in [0.2, 0.25) is 0 Å². The van der Waals surface area contributed by atoms with Crippen LogP contribution in [0.25, 0.3) is 0 Å². The van der Waals surface area contributed by atoms with Crippen molar-refractivity contribution in [3.8, 4) is 0 Å². The average molecular weight is 256 g/mol. The van der Waals surface area contributed by atoms with Crippen LogP contribution < -0.4 is 5.32 Å². The van der Waals surface area contributed by atoms with E-state index in [9.17, 15) is 0 Å². The number of thioether (sulfide) groups is 1. The van der Waals surface area contributed by atoms with Crippen LogP contribution in [0.5, 0.6) is 0 Å². The van der Waals surface area contributed by atoms with E-state index in [2.05, 4.69) is 36.5 Å². The first-order valence-corrected chi connectivity index (χ1v) is 6.86. The second-order valence-corrected chi connectivity index (χ2v) is 4.94. The number of benzene rings is 1. The summed E-state index contributed by atoms with van der Waals surface area (Å²) in [6.07, 6.45) is 0. The van der Waals surface area contributed by atoms with E-state index in [1.807, 2.05) is 18.7 Å². The summed E-state index contributed by atoms with van der Waals surface area (Å²) in [5, 5.41) is 3.33. The summed E-state index contributed by atoms with van der Waals surface area (Å²) in [6, 6.07) is 8.63. The van der Waals surface area contributed by atoms with E-state index >= 15 is 0 Å². The molecule has 0 radical (unpaired) electrons. The van der Waals surface area contributed by atoms with Gasteiger partial charge in [-0.15, -0.1) is 11.8 Å². The van der Waals surface area contributed by atoms with Gasteiger partial charge in [-0.1, -0.05) is 36.2 Å². The molecule has 16 heavy (non-hydrogen) atoms. The summed E-state index contributed by atoms with van der Waals surface area (Å²) in [5.74, 6) is 0.953. The summed E-state index contributed by atoms with van der Waals surface area (Å²) in [6.45, 7) is 6.11. The molecule has 0 heterocycles. The molecule has 0 fully saturated rings. The maximum Gasteiger partial charge on any atom is 0.0205 e. The molecule has 0 atom stereocenters. The van der Waals surface area contributed by atoms with Crippen molar-refractivity contribution in [1.82, 2.24) is 5.32 Å². The first-order chi connectivity index (χ1) is 7.76. The minimum absolute atomic E-state index is 0.940. The Kier molecular flexibility index (Phi) is 6.62. The maximum atomic E-state index is 5.63. The highest BCUT2D eigenvalue weighted by Crippen LogP contribution is 2.21. The predicted molar refractivity (Wildman–Crippen MR) is 74.2 cm³/mol. The van der Waals surface area contributed by atoms with Crippen LogP contribution in [0.2, 0.25) is 0 Å².